The monoisotopic (exact) mass is 292 g/mol. The fraction of sp³-hybridized carbons (Fsp3) is 0.300. The van der Waals surface area contributed by atoms with Gasteiger partial charge in [-0.1, -0.05) is 22.0 Å². The molecule has 0 aliphatic heterocycles. The Morgan fingerprint density at radius 3 is 2.93 bits per heavy atom. The van der Waals surface area contributed by atoms with Gasteiger partial charge in [0.1, 0.15) is 5.82 Å². The molecule has 0 saturated carbocycles. The van der Waals surface area contributed by atoms with E-state index in [0.29, 0.717) is 11.5 Å². The second kappa shape index (κ2) is 6.12. The fourth-order valence-corrected chi connectivity index (χ4v) is 2.48. The summed E-state index contributed by atoms with van der Waals surface area (Å²) in [6.45, 7) is 0. The quantitative estimate of drug-likeness (QED) is 0.798. The van der Waals surface area contributed by atoms with Crippen LogP contribution in [0, 0.1) is 5.82 Å². The van der Waals surface area contributed by atoms with Gasteiger partial charge >= 0.3 is 5.97 Å². The van der Waals surface area contributed by atoms with Gasteiger partial charge in [-0.05, 0) is 17.7 Å². The van der Waals surface area contributed by atoms with Crippen molar-refractivity contribution in [3.05, 3.63) is 34.1 Å². The van der Waals surface area contributed by atoms with Crippen molar-refractivity contribution >= 4 is 33.7 Å². The molecule has 1 rings (SSSR count). The predicted octanol–water partition coefficient (Wildman–Crippen LogP) is 2.99. The lowest BCUT2D eigenvalue weighted by atomic mass is 10.2. The second-order valence-corrected chi connectivity index (χ2v) is 4.64. The smallest absolute Gasteiger partial charge is 0.315 e. The van der Waals surface area contributed by atoms with E-state index in [9.17, 15) is 9.18 Å². The van der Waals surface area contributed by atoms with Crippen LogP contribution < -0.4 is 0 Å². The van der Waals surface area contributed by atoms with Crippen LogP contribution in [0.5, 0.6) is 0 Å². The molecule has 0 amide bonds. The summed E-state index contributed by atoms with van der Waals surface area (Å²) in [6.07, 6.45) is 0. The van der Waals surface area contributed by atoms with Gasteiger partial charge in [0.05, 0.1) is 12.9 Å². The van der Waals surface area contributed by atoms with Crippen molar-refractivity contribution in [2.75, 3.05) is 12.9 Å². The van der Waals surface area contributed by atoms with Crippen LogP contribution in [0.1, 0.15) is 5.56 Å². The number of rotatable bonds is 4. The molecule has 5 heteroatoms. The molecule has 1 aromatic carbocycles. The van der Waals surface area contributed by atoms with E-state index in [1.807, 2.05) is 0 Å². The number of carbonyl (C=O) groups is 1. The van der Waals surface area contributed by atoms with Crippen molar-refractivity contribution in [3.8, 4) is 0 Å². The van der Waals surface area contributed by atoms with Crippen LogP contribution in [-0.2, 0) is 15.3 Å². The van der Waals surface area contributed by atoms with Crippen LogP contribution in [0.4, 0.5) is 4.39 Å². The Balaban J connectivity index is 2.47. The van der Waals surface area contributed by atoms with Crippen LogP contribution >= 0.6 is 27.7 Å². The van der Waals surface area contributed by atoms with Gasteiger partial charge in [0, 0.05) is 10.2 Å². The first-order valence-corrected chi connectivity index (χ1v) is 6.16. The molecule has 0 atom stereocenters. The molecule has 2 nitrogen and oxygen atoms in total. The second-order valence-electron chi connectivity index (χ2n) is 2.80. The molecule has 1 aromatic rings. The SMILES string of the molecule is COC(=O)CSCc1ccc(F)cc1Br. The summed E-state index contributed by atoms with van der Waals surface area (Å²) in [5.74, 6) is 0.429. The third-order valence-electron chi connectivity index (χ3n) is 1.72. The Hall–Kier alpha value is -0.550. The van der Waals surface area contributed by atoms with Gasteiger partial charge in [-0.25, -0.2) is 4.39 Å². The molecule has 0 radical (unpaired) electrons. The number of halogens is 2. The van der Waals surface area contributed by atoms with Gasteiger partial charge < -0.3 is 4.74 Å². The van der Waals surface area contributed by atoms with Gasteiger partial charge in [-0.3, -0.25) is 4.79 Å². The number of hydrogen-bond acceptors (Lipinski definition) is 3. The highest BCUT2D eigenvalue weighted by Gasteiger charge is 2.04. The summed E-state index contributed by atoms with van der Waals surface area (Å²) in [6, 6.07) is 4.51. The van der Waals surface area contributed by atoms with E-state index in [1.165, 1.54) is 31.0 Å². The molecule has 0 heterocycles. The fourth-order valence-electron chi connectivity index (χ4n) is 0.942. The number of ether oxygens (including phenoxy) is 1. The van der Waals surface area contributed by atoms with Gasteiger partial charge in [-0.15, -0.1) is 11.8 Å². The van der Waals surface area contributed by atoms with Crippen molar-refractivity contribution in [3.63, 3.8) is 0 Å². The zero-order valence-corrected chi connectivity index (χ0v) is 10.5. The normalized spacial score (nSPS) is 10.1. The van der Waals surface area contributed by atoms with Crippen molar-refractivity contribution < 1.29 is 13.9 Å². The van der Waals surface area contributed by atoms with Gasteiger partial charge in [0.25, 0.3) is 0 Å². The van der Waals surface area contributed by atoms with Gasteiger partial charge in [0.2, 0.25) is 0 Å². The minimum Gasteiger partial charge on any atom is -0.468 e. The van der Waals surface area contributed by atoms with Crippen molar-refractivity contribution in [1.82, 2.24) is 0 Å². The first-order chi connectivity index (χ1) is 7.13. The lowest BCUT2D eigenvalue weighted by Gasteiger charge is -2.03. The molecule has 0 aromatic heterocycles. The Kier molecular flexibility index (Phi) is 5.11. The van der Waals surface area contributed by atoms with E-state index in [-0.39, 0.29) is 11.8 Å². The zero-order valence-electron chi connectivity index (χ0n) is 8.13. The first-order valence-electron chi connectivity index (χ1n) is 4.22. The molecule has 0 N–H and O–H groups in total. The Morgan fingerprint density at radius 1 is 1.60 bits per heavy atom. The highest BCUT2D eigenvalue weighted by Crippen LogP contribution is 2.22. The van der Waals surface area contributed by atoms with E-state index < -0.39 is 0 Å². The summed E-state index contributed by atoms with van der Waals surface area (Å²) in [5.41, 5.74) is 0.963. The minimum atomic E-state index is -0.274. The Morgan fingerprint density at radius 2 is 2.33 bits per heavy atom. The van der Waals surface area contributed by atoms with Crippen LogP contribution in [0.15, 0.2) is 22.7 Å². The standard InChI is InChI=1S/C10H10BrFO2S/c1-14-10(13)6-15-5-7-2-3-8(12)4-9(7)11/h2-4H,5-6H2,1H3. The summed E-state index contributed by atoms with van der Waals surface area (Å²) in [7, 11) is 1.36. The Labute approximate surface area is 100 Å². The van der Waals surface area contributed by atoms with Gasteiger partial charge in [-0.2, -0.15) is 0 Å². The highest BCUT2D eigenvalue weighted by atomic mass is 79.9. The van der Waals surface area contributed by atoms with E-state index in [1.54, 1.807) is 6.07 Å². The molecule has 0 bridgehead atoms. The number of carbonyl (C=O) groups excluding carboxylic acids is 1. The van der Waals surface area contributed by atoms with E-state index >= 15 is 0 Å². The lowest BCUT2D eigenvalue weighted by molar-refractivity contribution is -0.137. The molecule has 0 fully saturated rings. The topological polar surface area (TPSA) is 26.3 Å². The lowest BCUT2D eigenvalue weighted by Crippen LogP contribution is -2.03. The number of esters is 1. The van der Waals surface area contributed by atoms with Crippen LogP contribution in [0.3, 0.4) is 0 Å². The zero-order chi connectivity index (χ0) is 11.3. The number of methoxy groups -OCH3 is 1. The molecule has 0 aliphatic carbocycles. The van der Waals surface area contributed by atoms with E-state index in [2.05, 4.69) is 20.7 Å². The number of benzene rings is 1. The largest absolute Gasteiger partial charge is 0.468 e. The summed E-state index contributed by atoms with van der Waals surface area (Å²) < 4.78 is 18.0. The third kappa shape index (κ3) is 4.22. The van der Waals surface area contributed by atoms with Gasteiger partial charge in [0.15, 0.2) is 0 Å². The number of thioether (sulfide) groups is 1. The molecule has 0 unspecified atom stereocenters. The first kappa shape index (κ1) is 12.5. The highest BCUT2D eigenvalue weighted by molar-refractivity contribution is 9.10. The van der Waals surface area contributed by atoms with Crippen molar-refractivity contribution in [1.29, 1.82) is 0 Å². The Bertz CT molecular complexity index is 357. The maximum absolute atomic E-state index is 12.7. The molecule has 0 aliphatic rings. The maximum atomic E-state index is 12.7. The molecule has 0 spiro atoms. The summed E-state index contributed by atoms with van der Waals surface area (Å²) in [4.78, 5) is 10.8. The molecular formula is C10H10BrFO2S. The van der Waals surface area contributed by atoms with Crippen molar-refractivity contribution in [2.24, 2.45) is 0 Å². The summed E-state index contributed by atoms with van der Waals surface area (Å²) >= 11 is 4.69. The third-order valence-corrected chi connectivity index (χ3v) is 3.41. The predicted molar refractivity (Wildman–Crippen MR) is 62.3 cm³/mol. The molecule has 82 valence electrons. The van der Waals surface area contributed by atoms with Crippen LogP contribution in [0.25, 0.3) is 0 Å². The average molecular weight is 293 g/mol. The number of hydrogen-bond donors (Lipinski definition) is 0. The van der Waals surface area contributed by atoms with Crippen molar-refractivity contribution in [2.45, 2.75) is 5.75 Å². The minimum absolute atomic E-state index is 0.252. The van der Waals surface area contributed by atoms with Crippen LogP contribution in [-0.4, -0.2) is 18.8 Å². The average Bonchev–Trinajstić information content (AvgIpc) is 2.21. The van der Waals surface area contributed by atoms with E-state index in [4.69, 9.17) is 0 Å². The molecular weight excluding hydrogens is 283 g/mol. The molecule has 15 heavy (non-hydrogen) atoms. The summed E-state index contributed by atoms with van der Waals surface area (Å²) in [5, 5.41) is 0. The van der Waals surface area contributed by atoms with E-state index in [0.717, 1.165) is 10.0 Å². The molecule has 0 saturated heterocycles. The van der Waals surface area contributed by atoms with Crippen LogP contribution in [0.2, 0.25) is 0 Å². The maximum Gasteiger partial charge on any atom is 0.315 e.